The van der Waals surface area contributed by atoms with Crippen LogP contribution in [0.2, 0.25) is 0 Å². The molecule has 2 aromatic heterocycles. The Morgan fingerprint density at radius 3 is 2.79 bits per heavy atom. The molecule has 3 aromatic rings. The van der Waals surface area contributed by atoms with Gasteiger partial charge in [0.1, 0.15) is 11.3 Å². The van der Waals surface area contributed by atoms with Gasteiger partial charge >= 0.3 is 0 Å². The minimum Gasteiger partial charge on any atom is -0.459 e. The summed E-state index contributed by atoms with van der Waals surface area (Å²) >= 11 is 1.76. The van der Waals surface area contributed by atoms with Gasteiger partial charge in [-0.15, -0.1) is 11.3 Å². The third kappa shape index (κ3) is 3.94. The molecule has 0 unspecified atom stereocenters. The quantitative estimate of drug-likeness (QED) is 0.551. The number of fused-ring (bicyclic) bond motifs is 1. The number of nitrogens with one attached hydrogen (secondary N) is 2. The molecule has 3 rings (SSSR count). The first-order valence-corrected chi connectivity index (χ1v) is 8.82. The molecule has 0 aliphatic rings. The summed E-state index contributed by atoms with van der Waals surface area (Å²) in [5.41, 5.74) is 2.04. The Bertz CT molecular complexity index is 797. The van der Waals surface area contributed by atoms with E-state index in [0.29, 0.717) is 6.54 Å². The van der Waals surface area contributed by atoms with Crippen LogP contribution in [0.4, 0.5) is 0 Å². The molecule has 5 nitrogen and oxygen atoms in total. The van der Waals surface area contributed by atoms with Crippen LogP contribution in [0.3, 0.4) is 0 Å². The third-order valence-corrected chi connectivity index (χ3v) is 4.97. The lowest BCUT2D eigenvalue weighted by molar-refractivity contribution is 0.538. The molecule has 0 bridgehead atoms. The van der Waals surface area contributed by atoms with E-state index in [0.717, 1.165) is 46.4 Å². The number of benzene rings is 1. The maximum Gasteiger partial charge on any atom is 0.191 e. The molecule has 0 aliphatic heterocycles. The number of aromatic nitrogens is 1. The van der Waals surface area contributed by atoms with Crippen molar-refractivity contribution in [2.75, 3.05) is 13.6 Å². The number of thiazole rings is 1. The van der Waals surface area contributed by atoms with E-state index >= 15 is 0 Å². The van der Waals surface area contributed by atoms with Gasteiger partial charge in [-0.3, -0.25) is 4.99 Å². The van der Waals surface area contributed by atoms with Crippen molar-refractivity contribution in [1.82, 2.24) is 15.6 Å². The second kappa shape index (κ2) is 7.49. The zero-order valence-corrected chi connectivity index (χ0v) is 15.0. The van der Waals surface area contributed by atoms with E-state index in [9.17, 15) is 0 Å². The molecule has 1 aromatic carbocycles. The van der Waals surface area contributed by atoms with Crippen molar-refractivity contribution >= 4 is 28.3 Å². The fourth-order valence-corrected chi connectivity index (χ4v) is 3.38. The van der Waals surface area contributed by atoms with Crippen LogP contribution in [-0.2, 0) is 13.0 Å². The molecule has 0 saturated carbocycles. The molecule has 0 aliphatic carbocycles. The molecule has 0 fully saturated rings. The summed E-state index contributed by atoms with van der Waals surface area (Å²) in [4.78, 5) is 10.1. The highest BCUT2D eigenvalue weighted by atomic mass is 32.1. The van der Waals surface area contributed by atoms with Gasteiger partial charge in [0.15, 0.2) is 5.96 Å². The third-order valence-electron chi connectivity index (χ3n) is 3.83. The summed E-state index contributed by atoms with van der Waals surface area (Å²) in [7, 11) is 1.77. The molecule has 0 saturated heterocycles. The summed E-state index contributed by atoms with van der Waals surface area (Å²) in [5, 5.41) is 8.87. The van der Waals surface area contributed by atoms with Crippen molar-refractivity contribution in [2.45, 2.75) is 26.8 Å². The molecular weight excluding hydrogens is 320 g/mol. The highest BCUT2D eigenvalue weighted by molar-refractivity contribution is 7.11. The minimum atomic E-state index is 0.601. The summed E-state index contributed by atoms with van der Waals surface area (Å²) in [5.74, 6) is 1.66. The highest BCUT2D eigenvalue weighted by Gasteiger charge is 2.06. The normalized spacial score (nSPS) is 11.9. The number of guanidine groups is 1. The average Bonchev–Trinajstić information content (AvgIpc) is 3.13. The minimum absolute atomic E-state index is 0.601. The van der Waals surface area contributed by atoms with Gasteiger partial charge in [-0.1, -0.05) is 18.2 Å². The summed E-state index contributed by atoms with van der Waals surface area (Å²) in [6.07, 6.45) is 0.894. The standard InChI is InChI=1S/C18H22N4OS/c1-12-13(2)24-17(22-12)8-9-20-18(19-3)21-11-15-10-14-6-4-5-7-16(14)23-15/h4-7,10H,8-9,11H2,1-3H3,(H2,19,20,21). The second-order valence-corrected chi connectivity index (χ2v) is 6.89. The van der Waals surface area contributed by atoms with Crippen molar-refractivity contribution < 1.29 is 4.42 Å². The maximum absolute atomic E-state index is 5.80. The van der Waals surface area contributed by atoms with Crippen molar-refractivity contribution in [3.63, 3.8) is 0 Å². The van der Waals surface area contributed by atoms with Crippen molar-refractivity contribution in [3.8, 4) is 0 Å². The lowest BCUT2D eigenvalue weighted by Crippen LogP contribution is -2.37. The van der Waals surface area contributed by atoms with Crippen molar-refractivity contribution in [1.29, 1.82) is 0 Å². The van der Waals surface area contributed by atoms with Gasteiger partial charge in [0.25, 0.3) is 0 Å². The van der Waals surface area contributed by atoms with Gasteiger partial charge in [0.2, 0.25) is 0 Å². The monoisotopic (exact) mass is 342 g/mol. The first-order valence-electron chi connectivity index (χ1n) is 8.00. The topological polar surface area (TPSA) is 62.5 Å². The van der Waals surface area contributed by atoms with E-state index in [-0.39, 0.29) is 0 Å². The van der Waals surface area contributed by atoms with Crippen LogP contribution >= 0.6 is 11.3 Å². The van der Waals surface area contributed by atoms with Crippen LogP contribution in [0, 0.1) is 13.8 Å². The van der Waals surface area contributed by atoms with Gasteiger partial charge in [-0.25, -0.2) is 4.98 Å². The summed E-state index contributed by atoms with van der Waals surface area (Å²) < 4.78 is 5.80. The molecule has 2 heterocycles. The Hall–Kier alpha value is -2.34. The predicted octanol–water partition coefficient (Wildman–Crippen LogP) is 3.41. The Labute approximate surface area is 145 Å². The zero-order valence-electron chi connectivity index (χ0n) is 14.2. The largest absolute Gasteiger partial charge is 0.459 e. The molecule has 6 heteroatoms. The summed E-state index contributed by atoms with van der Waals surface area (Å²) in [6.45, 7) is 5.56. The van der Waals surface area contributed by atoms with Crippen LogP contribution in [0.5, 0.6) is 0 Å². The van der Waals surface area contributed by atoms with Gasteiger partial charge in [-0.2, -0.15) is 0 Å². The fraction of sp³-hybridized carbons (Fsp3) is 0.333. The summed E-state index contributed by atoms with van der Waals surface area (Å²) in [6, 6.07) is 10.1. The van der Waals surface area contributed by atoms with Crippen LogP contribution in [0.1, 0.15) is 21.3 Å². The fourth-order valence-electron chi connectivity index (χ4n) is 2.45. The first kappa shape index (κ1) is 16.5. The van der Waals surface area contributed by atoms with E-state index in [1.165, 1.54) is 4.88 Å². The van der Waals surface area contributed by atoms with Crippen molar-refractivity contribution in [2.24, 2.45) is 4.99 Å². The molecule has 0 radical (unpaired) electrons. The second-order valence-electron chi connectivity index (χ2n) is 5.60. The van der Waals surface area contributed by atoms with Crippen LogP contribution in [0.15, 0.2) is 39.7 Å². The predicted molar refractivity (Wildman–Crippen MR) is 99.7 cm³/mol. The Balaban J connectivity index is 1.49. The zero-order chi connectivity index (χ0) is 16.9. The molecule has 0 atom stereocenters. The van der Waals surface area contributed by atoms with Crippen molar-refractivity contribution in [3.05, 3.63) is 51.7 Å². The molecule has 24 heavy (non-hydrogen) atoms. The maximum atomic E-state index is 5.80. The molecular formula is C18H22N4OS. The van der Waals surface area contributed by atoms with Crippen LogP contribution < -0.4 is 10.6 Å². The van der Waals surface area contributed by atoms with Gasteiger partial charge < -0.3 is 15.1 Å². The smallest absolute Gasteiger partial charge is 0.191 e. The molecule has 0 spiro atoms. The van der Waals surface area contributed by atoms with E-state index in [4.69, 9.17) is 4.42 Å². The first-order chi connectivity index (χ1) is 11.7. The number of para-hydroxylation sites is 1. The van der Waals surface area contributed by atoms with Crippen LogP contribution in [0.25, 0.3) is 11.0 Å². The Morgan fingerprint density at radius 1 is 1.25 bits per heavy atom. The number of aryl methyl sites for hydroxylation is 2. The Kier molecular flexibility index (Phi) is 5.15. The van der Waals surface area contributed by atoms with Gasteiger partial charge in [0, 0.05) is 30.3 Å². The average molecular weight is 342 g/mol. The van der Waals surface area contributed by atoms with Crippen LogP contribution in [-0.4, -0.2) is 24.5 Å². The van der Waals surface area contributed by atoms with Gasteiger partial charge in [0.05, 0.1) is 17.2 Å². The number of hydrogen-bond donors (Lipinski definition) is 2. The lowest BCUT2D eigenvalue weighted by Gasteiger charge is -2.10. The number of hydrogen-bond acceptors (Lipinski definition) is 4. The van der Waals surface area contributed by atoms with E-state index in [1.807, 2.05) is 24.3 Å². The van der Waals surface area contributed by atoms with Gasteiger partial charge in [-0.05, 0) is 26.0 Å². The molecule has 2 N–H and O–H groups in total. The number of furan rings is 1. The lowest BCUT2D eigenvalue weighted by atomic mass is 10.2. The number of aliphatic imine (C=N–C) groups is 1. The molecule has 126 valence electrons. The number of rotatable bonds is 5. The number of nitrogens with zero attached hydrogens (tertiary/aromatic N) is 2. The van der Waals surface area contributed by atoms with E-state index in [2.05, 4.69) is 40.5 Å². The Morgan fingerprint density at radius 2 is 2.08 bits per heavy atom. The van der Waals surface area contributed by atoms with E-state index < -0.39 is 0 Å². The van der Waals surface area contributed by atoms with E-state index in [1.54, 1.807) is 18.4 Å². The SMILES string of the molecule is CN=C(NCCc1nc(C)c(C)s1)NCc1cc2ccccc2o1. The highest BCUT2D eigenvalue weighted by Crippen LogP contribution is 2.18. The molecule has 0 amide bonds.